The number of amides is 2. The van der Waals surface area contributed by atoms with Crippen molar-refractivity contribution in [1.82, 2.24) is 9.80 Å². The van der Waals surface area contributed by atoms with Crippen LogP contribution in [0.4, 0.5) is 8.78 Å². The van der Waals surface area contributed by atoms with E-state index < -0.39 is 17.0 Å². The number of piperidine rings is 1. The van der Waals surface area contributed by atoms with Gasteiger partial charge in [0.15, 0.2) is 11.6 Å². The molecule has 140 valence electrons. The minimum Gasteiger partial charge on any atom is -0.342 e. The summed E-state index contributed by atoms with van der Waals surface area (Å²) in [4.78, 5) is 28.8. The number of carbonyl (C=O) groups is 2. The highest BCUT2D eigenvalue weighted by atomic mass is 19.2. The molecule has 0 aliphatic carbocycles. The highest BCUT2D eigenvalue weighted by molar-refractivity contribution is 5.86. The second kappa shape index (κ2) is 7.56. The molecular formula is C20H24F2N2O2. The second-order valence-electron chi connectivity index (χ2n) is 7.25. The highest BCUT2D eigenvalue weighted by Crippen LogP contribution is 2.40. The zero-order valence-electron chi connectivity index (χ0n) is 14.8. The van der Waals surface area contributed by atoms with E-state index in [-0.39, 0.29) is 18.4 Å². The van der Waals surface area contributed by atoms with Crippen LogP contribution in [0.3, 0.4) is 0 Å². The van der Waals surface area contributed by atoms with Gasteiger partial charge in [0.1, 0.15) is 0 Å². The fraction of sp³-hybridized carbons (Fsp3) is 0.500. The van der Waals surface area contributed by atoms with Crippen LogP contribution in [-0.2, 0) is 16.1 Å². The summed E-state index contributed by atoms with van der Waals surface area (Å²) in [5.41, 5.74) is 0.0481. The first-order valence-corrected chi connectivity index (χ1v) is 9.07. The van der Waals surface area contributed by atoms with Crippen molar-refractivity contribution in [1.29, 1.82) is 0 Å². The van der Waals surface area contributed by atoms with Gasteiger partial charge in [-0.2, -0.15) is 0 Å². The molecule has 2 saturated heterocycles. The standard InChI is InChI=1S/C20H24F2N2O2/c1-2-3-5-18(25)24-11-9-20(14-24)8-4-10-23(19(20)26)13-15-6-7-16(21)17(22)12-15/h2,6-7,12H,1,3-5,8-11,13-14H2. The van der Waals surface area contributed by atoms with Gasteiger partial charge in [-0.05, 0) is 43.4 Å². The van der Waals surface area contributed by atoms with Gasteiger partial charge in [-0.25, -0.2) is 8.78 Å². The number of hydrogen-bond donors (Lipinski definition) is 0. The molecule has 0 radical (unpaired) electrons. The predicted molar refractivity (Wildman–Crippen MR) is 94.1 cm³/mol. The van der Waals surface area contributed by atoms with Crippen LogP contribution >= 0.6 is 0 Å². The zero-order valence-corrected chi connectivity index (χ0v) is 14.8. The molecule has 0 saturated carbocycles. The van der Waals surface area contributed by atoms with Gasteiger partial charge in [0.2, 0.25) is 11.8 Å². The summed E-state index contributed by atoms with van der Waals surface area (Å²) >= 11 is 0. The molecule has 4 nitrogen and oxygen atoms in total. The summed E-state index contributed by atoms with van der Waals surface area (Å²) in [6, 6.07) is 3.74. The number of carbonyl (C=O) groups excluding carboxylic acids is 2. The van der Waals surface area contributed by atoms with Crippen molar-refractivity contribution in [3.63, 3.8) is 0 Å². The van der Waals surface area contributed by atoms with Crippen molar-refractivity contribution in [3.05, 3.63) is 48.1 Å². The number of rotatable bonds is 5. The number of nitrogens with zero attached hydrogens (tertiary/aromatic N) is 2. The molecule has 1 aromatic carbocycles. The number of benzene rings is 1. The molecule has 2 aliphatic rings. The van der Waals surface area contributed by atoms with Crippen molar-refractivity contribution in [3.8, 4) is 0 Å². The summed E-state index contributed by atoms with van der Waals surface area (Å²) in [6.45, 7) is 5.55. The van der Waals surface area contributed by atoms with Gasteiger partial charge in [0.05, 0.1) is 5.41 Å². The molecule has 0 aromatic heterocycles. The Morgan fingerprint density at radius 3 is 2.77 bits per heavy atom. The van der Waals surface area contributed by atoms with Crippen LogP contribution in [-0.4, -0.2) is 41.2 Å². The third-order valence-electron chi connectivity index (χ3n) is 5.45. The molecular weight excluding hydrogens is 338 g/mol. The third-order valence-corrected chi connectivity index (χ3v) is 5.45. The van der Waals surface area contributed by atoms with Crippen LogP contribution in [0.2, 0.25) is 0 Å². The fourth-order valence-corrected chi connectivity index (χ4v) is 4.01. The molecule has 2 amide bonds. The Balaban J connectivity index is 1.68. The Morgan fingerprint density at radius 2 is 2.04 bits per heavy atom. The van der Waals surface area contributed by atoms with Crippen LogP contribution in [0.15, 0.2) is 30.9 Å². The minimum atomic E-state index is -0.901. The van der Waals surface area contributed by atoms with E-state index in [0.29, 0.717) is 44.5 Å². The predicted octanol–water partition coefficient (Wildman–Crippen LogP) is 3.27. The average molecular weight is 362 g/mol. The first-order valence-electron chi connectivity index (χ1n) is 9.07. The lowest BCUT2D eigenvalue weighted by Crippen LogP contribution is -2.50. The molecule has 1 atom stereocenters. The van der Waals surface area contributed by atoms with E-state index in [9.17, 15) is 18.4 Å². The van der Waals surface area contributed by atoms with E-state index in [4.69, 9.17) is 0 Å². The van der Waals surface area contributed by atoms with Gasteiger partial charge in [0.25, 0.3) is 0 Å². The van der Waals surface area contributed by atoms with Crippen LogP contribution in [0.1, 0.15) is 37.7 Å². The fourth-order valence-electron chi connectivity index (χ4n) is 4.01. The quantitative estimate of drug-likeness (QED) is 0.755. The Morgan fingerprint density at radius 1 is 1.23 bits per heavy atom. The van der Waals surface area contributed by atoms with Crippen LogP contribution in [0.25, 0.3) is 0 Å². The van der Waals surface area contributed by atoms with Gasteiger partial charge in [-0.3, -0.25) is 9.59 Å². The van der Waals surface area contributed by atoms with Crippen LogP contribution in [0.5, 0.6) is 0 Å². The molecule has 2 fully saturated rings. The topological polar surface area (TPSA) is 40.6 Å². The average Bonchev–Trinajstić information content (AvgIpc) is 3.05. The Hall–Kier alpha value is -2.24. The van der Waals surface area contributed by atoms with Gasteiger partial charge in [-0.1, -0.05) is 12.1 Å². The first kappa shape index (κ1) is 18.5. The number of likely N-dealkylation sites (tertiary alicyclic amines) is 2. The molecule has 2 aliphatic heterocycles. The highest BCUT2D eigenvalue weighted by Gasteiger charge is 2.49. The summed E-state index contributed by atoms with van der Waals surface area (Å²) in [5.74, 6) is -1.71. The Bertz CT molecular complexity index is 722. The van der Waals surface area contributed by atoms with E-state index in [1.807, 2.05) is 0 Å². The van der Waals surface area contributed by atoms with E-state index in [0.717, 1.165) is 25.0 Å². The lowest BCUT2D eigenvalue weighted by molar-refractivity contribution is -0.146. The molecule has 0 N–H and O–H groups in total. The number of hydrogen-bond acceptors (Lipinski definition) is 2. The summed E-state index contributed by atoms with van der Waals surface area (Å²) in [7, 11) is 0. The number of allylic oxidation sites excluding steroid dienone is 1. The lowest BCUT2D eigenvalue weighted by atomic mass is 9.78. The maximum atomic E-state index is 13.4. The molecule has 1 spiro atoms. The maximum Gasteiger partial charge on any atom is 0.230 e. The molecule has 1 unspecified atom stereocenters. The second-order valence-corrected chi connectivity index (χ2v) is 7.25. The van der Waals surface area contributed by atoms with Crippen LogP contribution in [0, 0.1) is 17.0 Å². The van der Waals surface area contributed by atoms with Gasteiger partial charge in [-0.15, -0.1) is 6.58 Å². The van der Waals surface area contributed by atoms with E-state index >= 15 is 0 Å². The lowest BCUT2D eigenvalue weighted by Gasteiger charge is -2.39. The van der Waals surface area contributed by atoms with Crippen molar-refractivity contribution in [2.24, 2.45) is 5.41 Å². The van der Waals surface area contributed by atoms with Crippen molar-refractivity contribution in [2.45, 2.75) is 38.6 Å². The van der Waals surface area contributed by atoms with E-state index in [1.165, 1.54) is 6.07 Å². The third kappa shape index (κ3) is 3.64. The monoisotopic (exact) mass is 362 g/mol. The smallest absolute Gasteiger partial charge is 0.230 e. The van der Waals surface area contributed by atoms with Crippen molar-refractivity contribution < 1.29 is 18.4 Å². The summed E-state index contributed by atoms with van der Waals surface area (Å²) < 4.78 is 26.5. The molecule has 6 heteroatoms. The molecule has 3 rings (SSSR count). The zero-order chi connectivity index (χ0) is 18.7. The van der Waals surface area contributed by atoms with Crippen molar-refractivity contribution in [2.75, 3.05) is 19.6 Å². The summed E-state index contributed by atoms with van der Waals surface area (Å²) in [6.07, 6.45) is 5.07. The Kier molecular flexibility index (Phi) is 5.39. The van der Waals surface area contributed by atoms with E-state index in [2.05, 4.69) is 6.58 Å². The van der Waals surface area contributed by atoms with Crippen molar-refractivity contribution >= 4 is 11.8 Å². The molecule has 2 heterocycles. The normalized spacial score (nSPS) is 22.9. The summed E-state index contributed by atoms with van der Waals surface area (Å²) in [5, 5.41) is 0. The number of halogens is 2. The molecule has 26 heavy (non-hydrogen) atoms. The van der Waals surface area contributed by atoms with Gasteiger partial charge < -0.3 is 9.80 Å². The SMILES string of the molecule is C=CCCC(=O)N1CCC2(CCCN(Cc3ccc(F)c(F)c3)C2=O)C1. The maximum absolute atomic E-state index is 13.4. The minimum absolute atomic E-state index is 0.0208. The van der Waals surface area contributed by atoms with Gasteiger partial charge in [0, 0.05) is 32.6 Å². The van der Waals surface area contributed by atoms with Crippen LogP contribution < -0.4 is 0 Å². The molecule has 0 bridgehead atoms. The molecule has 1 aromatic rings. The van der Waals surface area contributed by atoms with Gasteiger partial charge >= 0.3 is 0 Å². The van der Waals surface area contributed by atoms with E-state index in [1.54, 1.807) is 15.9 Å². The largest absolute Gasteiger partial charge is 0.342 e. The first-order chi connectivity index (χ1) is 12.4. The Labute approximate surface area is 152 Å².